The molecule has 0 saturated carbocycles. The van der Waals surface area contributed by atoms with Gasteiger partial charge in [0.15, 0.2) is 0 Å². The Hall–Kier alpha value is -0.180. The van der Waals surface area contributed by atoms with Crippen LogP contribution in [-0.2, 0) is 9.53 Å². The number of rotatable bonds is 4. The first-order chi connectivity index (χ1) is 5.04. The highest BCUT2D eigenvalue weighted by molar-refractivity contribution is 7.81. The molecule has 0 aromatic rings. The number of esters is 1. The van der Waals surface area contributed by atoms with Crippen LogP contribution >= 0.6 is 12.6 Å². The van der Waals surface area contributed by atoms with Crippen LogP contribution in [0.25, 0.3) is 0 Å². The fraction of sp³-hybridized carbons (Fsp3) is 0.875. The standard InChI is InChI=1S/C8H16O2S/c1-6(2)8(11)4-5-10-7(3)9/h6,8,11H,4-5H2,1-3H3. The molecule has 0 N–H and O–H groups in total. The number of hydrogen-bond donors (Lipinski definition) is 1. The number of hydrogen-bond acceptors (Lipinski definition) is 3. The Balaban J connectivity index is 3.31. The first-order valence-electron chi connectivity index (χ1n) is 3.85. The van der Waals surface area contributed by atoms with Gasteiger partial charge in [-0.3, -0.25) is 4.79 Å². The van der Waals surface area contributed by atoms with Gasteiger partial charge in [-0.2, -0.15) is 12.6 Å². The molecule has 0 bridgehead atoms. The van der Waals surface area contributed by atoms with Gasteiger partial charge in [-0.25, -0.2) is 0 Å². The van der Waals surface area contributed by atoms with Gasteiger partial charge in [-0.05, 0) is 12.3 Å². The lowest BCUT2D eigenvalue weighted by Crippen LogP contribution is -2.12. The molecule has 11 heavy (non-hydrogen) atoms. The van der Waals surface area contributed by atoms with Crippen LogP contribution in [0.4, 0.5) is 0 Å². The molecule has 0 saturated heterocycles. The largest absolute Gasteiger partial charge is 0.466 e. The molecule has 0 aromatic heterocycles. The van der Waals surface area contributed by atoms with Crippen molar-refractivity contribution in [3.05, 3.63) is 0 Å². The summed E-state index contributed by atoms with van der Waals surface area (Å²) in [6, 6.07) is 0. The molecule has 0 aliphatic carbocycles. The van der Waals surface area contributed by atoms with Gasteiger partial charge in [0, 0.05) is 12.2 Å². The van der Waals surface area contributed by atoms with Gasteiger partial charge in [0.1, 0.15) is 0 Å². The van der Waals surface area contributed by atoms with E-state index in [1.807, 2.05) is 0 Å². The van der Waals surface area contributed by atoms with Crippen LogP contribution in [0.15, 0.2) is 0 Å². The fourth-order valence-corrected chi connectivity index (χ4v) is 0.762. The van der Waals surface area contributed by atoms with Crippen molar-refractivity contribution in [3.8, 4) is 0 Å². The smallest absolute Gasteiger partial charge is 0.302 e. The second-order valence-electron chi connectivity index (χ2n) is 2.94. The van der Waals surface area contributed by atoms with Crippen LogP contribution in [-0.4, -0.2) is 17.8 Å². The molecule has 0 spiro atoms. The highest BCUT2D eigenvalue weighted by Gasteiger charge is 2.07. The van der Waals surface area contributed by atoms with Crippen LogP contribution in [0.5, 0.6) is 0 Å². The zero-order chi connectivity index (χ0) is 8.85. The number of carbonyl (C=O) groups is 1. The quantitative estimate of drug-likeness (QED) is 0.523. The second kappa shape index (κ2) is 5.47. The van der Waals surface area contributed by atoms with E-state index in [4.69, 9.17) is 4.74 Å². The summed E-state index contributed by atoms with van der Waals surface area (Å²) in [6.45, 7) is 6.11. The normalized spacial score (nSPS) is 13.2. The Kier molecular flexibility index (Phi) is 5.38. The summed E-state index contributed by atoms with van der Waals surface area (Å²) in [4.78, 5) is 10.3. The van der Waals surface area contributed by atoms with Crippen molar-refractivity contribution in [1.29, 1.82) is 0 Å². The summed E-state index contributed by atoms with van der Waals surface area (Å²) in [5, 5.41) is 0.328. The van der Waals surface area contributed by atoms with Crippen molar-refractivity contribution >= 4 is 18.6 Å². The van der Waals surface area contributed by atoms with Crippen molar-refractivity contribution in [1.82, 2.24) is 0 Å². The van der Waals surface area contributed by atoms with Gasteiger partial charge in [0.25, 0.3) is 0 Å². The predicted molar refractivity (Wildman–Crippen MR) is 48.9 cm³/mol. The topological polar surface area (TPSA) is 26.3 Å². The monoisotopic (exact) mass is 176 g/mol. The molecule has 0 amide bonds. The zero-order valence-electron chi connectivity index (χ0n) is 7.33. The molecule has 0 aromatic carbocycles. The molecule has 2 nitrogen and oxygen atoms in total. The molecule has 66 valence electrons. The van der Waals surface area contributed by atoms with E-state index in [1.54, 1.807) is 0 Å². The second-order valence-corrected chi connectivity index (χ2v) is 3.60. The first kappa shape index (κ1) is 10.8. The predicted octanol–water partition coefficient (Wildman–Crippen LogP) is 1.89. The fourth-order valence-electron chi connectivity index (χ4n) is 0.657. The van der Waals surface area contributed by atoms with Crippen molar-refractivity contribution in [2.24, 2.45) is 5.92 Å². The lowest BCUT2D eigenvalue weighted by molar-refractivity contribution is -0.141. The minimum Gasteiger partial charge on any atom is -0.466 e. The summed E-state index contributed by atoms with van der Waals surface area (Å²) in [5.74, 6) is 0.322. The molecular weight excluding hydrogens is 160 g/mol. The number of thiol groups is 1. The molecule has 0 heterocycles. The van der Waals surface area contributed by atoms with E-state index in [2.05, 4.69) is 26.5 Å². The Labute approximate surface area is 73.7 Å². The maximum Gasteiger partial charge on any atom is 0.302 e. The van der Waals surface area contributed by atoms with E-state index < -0.39 is 0 Å². The summed E-state index contributed by atoms with van der Waals surface area (Å²) in [6.07, 6.45) is 0.834. The molecule has 3 heteroatoms. The Morgan fingerprint density at radius 3 is 2.45 bits per heavy atom. The van der Waals surface area contributed by atoms with Crippen molar-refractivity contribution < 1.29 is 9.53 Å². The Morgan fingerprint density at radius 2 is 2.09 bits per heavy atom. The molecule has 0 fully saturated rings. The van der Waals surface area contributed by atoms with E-state index in [-0.39, 0.29) is 5.97 Å². The summed E-state index contributed by atoms with van der Waals surface area (Å²) in [7, 11) is 0. The van der Waals surface area contributed by atoms with Crippen molar-refractivity contribution in [2.75, 3.05) is 6.61 Å². The molecular formula is C8H16O2S. The third kappa shape index (κ3) is 6.23. The van der Waals surface area contributed by atoms with Gasteiger partial charge in [-0.1, -0.05) is 13.8 Å². The maximum absolute atomic E-state index is 10.3. The minimum absolute atomic E-state index is 0.214. The highest BCUT2D eigenvalue weighted by Crippen LogP contribution is 2.12. The Morgan fingerprint density at radius 1 is 1.55 bits per heavy atom. The SMILES string of the molecule is CC(=O)OCCC(S)C(C)C. The third-order valence-corrected chi connectivity index (χ3v) is 2.34. The van der Waals surface area contributed by atoms with E-state index in [0.29, 0.717) is 17.8 Å². The van der Waals surface area contributed by atoms with Crippen LogP contribution in [0.2, 0.25) is 0 Å². The third-order valence-electron chi connectivity index (χ3n) is 1.49. The highest BCUT2D eigenvalue weighted by atomic mass is 32.1. The maximum atomic E-state index is 10.3. The van der Waals surface area contributed by atoms with Crippen molar-refractivity contribution in [3.63, 3.8) is 0 Å². The van der Waals surface area contributed by atoms with Crippen LogP contribution in [0.1, 0.15) is 27.2 Å². The molecule has 1 unspecified atom stereocenters. The van der Waals surface area contributed by atoms with E-state index in [0.717, 1.165) is 6.42 Å². The number of ether oxygens (including phenoxy) is 1. The Bertz CT molecular complexity index is 123. The van der Waals surface area contributed by atoms with Gasteiger partial charge in [-0.15, -0.1) is 0 Å². The van der Waals surface area contributed by atoms with Crippen LogP contribution in [0, 0.1) is 5.92 Å². The summed E-state index contributed by atoms with van der Waals surface area (Å²) in [5.41, 5.74) is 0. The zero-order valence-corrected chi connectivity index (χ0v) is 8.23. The van der Waals surface area contributed by atoms with Gasteiger partial charge in [0.05, 0.1) is 6.61 Å². The molecule has 0 radical (unpaired) electrons. The lowest BCUT2D eigenvalue weighted by atomic mass is 10.1. The van der Waals surface area contributed by atoms with E-state index >= 15 is 0 Å². The van der Waals surface area contributed by atoms with E-state index in [1.165, 1.54) is 6.92 Å². The minimum atomic E-state index is -0.214. The number of carbonyl (C=O) groups excluding carboxylic acids is 1. The van der Waals surface area contributed by atoms with E-state index in [9.17, 15) is 4.79 Å². The average molecular weight is 176 g/mol. The first-order valence-corrected chi connectivity index (χ1v) is 4.37. The summed E-state index contributed by atoms with van der Waals surface area (Å²) >= 11 is 4.34. The van der Waals surface area contributed by atoms with Gasteiger partial charge in [0.2, 0.25) is 0 Å². The average Bonchev–Trinajstić information content (AvgIpc) is 1.86. The molecule has 0 aliphatic heterocycles. The van der Waals surface area contributed by atoms with Crippen LogP contribution in [0.3, 0.4) is 0 Å². The molecule has 0 rings (SSSR count). The lowest BCUT2D eigenvalue weighted by Gasteiger charge is -2.13. The summed E-state index contributed by atoms with van der Waals surface area (Å²) < 4.78 is 4.77. The van der Waals surface area contributed by atoms with Crippen LogP contribution < -0.4 is 0 Å². The van der Waals surface area contributed by atoms with Gasteiger partial charge >= 0.3 is 5.97 Å². The molecule has 1 atom stereocenters. The van der Waals surface area contributed by atoms with Gasteiger partial charge < -0.3 is 4.74 Å². The molecule has 0 aliphatic rings. The van der Waals surface area contributed by atoms with Crippen molar-refractivity contribution in [2.45, 2.75) is 32.4 Å².